The lowest BCUT2D eigenvalue weighted by atomic mass is 10.1. The van der Waals surface area contributed by atoms with E-state index in [9.17, 15) is 9.59 Å². The van der Waals surface area contributed by atoms with E-state index in [1.165, 1.54) is 13.2 Å². The topological polar surface area (TPSA) is 56.5 Å². The average Bonchev–Trinajstić information content (AvgIpc) is 2.90. The fraction of sp³-hybridized carbons (Fsp3) is 0.0588. The van der Waals surface area contributed by atoms with Gasteiger partial charge in [-0.1, -0.05) is 41.1 Å². The molecule has 0 aliphatic carbocycles. The molecule has 23 heavy (non-hydrogen) atoms. The van der Waals surface area contributed by atoms with E-state index in [0.29, 0.717) is 26.6 Å². The Labute approximate surface area is 140 Å². The van der Waals surface area contributed by atoms with Gasteiger partial charge in [-0.05, 0) is 29.8 Å². The van der Waals surface area contributed by atoms with E-state index in [2.05, 4.69) is 0 Å². The van der Waals surface area contributed by atoms with Gasteiger partial charge in [0.05, 0.1) is 17.4 Å². The zero-order chi connectivity index (χ0) is 16.4. The van der Waals surface area contributed by atoms with Gasteiger partial charge in [-0.2, -0.15) is 0 Å². The molecule has 0 aliphatic rings. The second-order valence-electron chi connectivity index (χ2n) is 4.71. The van der Waals surface area contributed by atoms with Crippen LogP contribution in [0.2, 0.25) is 5.02 Å². The molecule has 116 valence electrons. The lowest BCUT2D eigenvalue weighted by Gasteiger charge is -2.05. The van der Waals surface area contributed by atoms with Gasteiger partial charge >= 0.3 is 4.94 Å². The third-order valence-electron chi connectivity index (χ3n) is 3.19. The number of hydrogen-bond donors (Lipinski definition) is 0. The summed E-state index contributed by atoms with van der Waals surface area (Å²) in [5, 5.41) is 0.599. The molecular formula is C17H11ClO4S. The Morgan fingerprint density at radius 1 is 1.30 bits per heavy atom. The van der Waals surface area contributed by atoms with Crippen LogP contribution in [0.1, 0.15) is 15.9 Å². The molecule has 0 atom stereocenters. The van der Waals surface area contributed by atoms with Crippen molar-refractivity contribution in [3.05, 3.63) is 68.4 Å². The van der Waals surface area contributed by atoms with Gasteiger partial charge in [0.25, 0.3) is 0 Å². The highest BCUT2D eigenvalue weighted by molar-refractivity contribution is 7.16. The fourth-order valence-electron chi connectivity index (χ4n) is 2.13. The summed E-state index contributed by atoms with van der Waals surface area (Å²) < 4.78 is 10.9. The minimum atomic E-state index is -0.416. The second-order valence-corrected chi connectivity index (χ2v) is 6.12. The summed E-state index contributed by atoms with van der Waals surface area (Å²) in [5.41, 5.74) is 1.60. The molecule has 4 nitrogen and oxygen atoms in total. The number of rotatable bonds is 4. The number of allylic oxidation sites excluding steroid dienone is 1. The first-order valence-electron chi connectivity index (χ1n) is 6.66. The second kappa shape index (κ2) is 6.40. The number of fused-ring (bicyclic) bond motifs is 1. The summed E-state index contributed by atoms with van der Waals surface area (Å²) in [4.78, 5) is 23.3. The first-order chi connectivity index (χ1) is 11.1. The number of methoxy groups -OCH3 is 1. The molecule has 3 rings (SSSR count). The van der Waals surface area contributed by atoms with Crippen LogP contribution in [0.15, 0.2) is 51.7 Å². The van der Waals surface area contributed by atoms with Crippen LogP contribution < -0.4 is 9.68 Å². The van der Waals surface area contributed by atoms with Crippen molar-refractivity contribution in [3.63, 3.8) is 0 Å². The molecule has 0 amide bonds. The Hall–Kier alpha value is -2.37. The molecule has 0 spiro atoms. The highest BCUT2D eigenvalue weighted by atomic mass is 35.5. The summed E-state index contributed by atoms with van der Waals surface area (Å²) in [6, 6.07) is 10.3. The molecule has 0 bridgehead atoms. The van der Waals surface area contributed by atoms with E-state index in [4.69, 9.17) is 20.8 Å². The van der Waals surface area contributed by atoms with Crippen LogP contribution in [0.4, 0.5) is 0 Å². The van der Waals surface area contributed by atoms with Crippen molar-refractivity contribution in [2.75, 3.05) is 7.11 Å². The van der Waals surface area contributed by atoms with Gasteiger partial charge in [0.1, 0.15) is 5.75 Å². The molecule has 0 fully saturated rings. The van der Waals surface area contributed by atoms with Crippen molar-refractivity contribution < 1.29 is 13.9 Å². The molecule has 0 unspecified atom stereocenters. The summed E-state index contributed by atoms with van der Waals surface area (Å²) in [6.45, 7) is 0. The number of carbonyl (C=O) groups is 1. The quantitative estimate of drug-likeness (QED) is 0.518. The number of benzene rings is 2. The zero-order valence-electron chi connectivity index (χ0n) is 12.0. The van der Waals surface area contributed by atoms with Crippen LogP contribution in [0, 0.1) is 0 Å². The molecule has 0 saturated carbocycles. The van der Waals surface area contributed by atoms with Crippen molar-refractivity contribution in [2.45, 2.75) is 0 Å². The fourth-order valence-corrected chi connectivity index (χ4v) is 3.02. The van der Waals surface area contributed by atoms with Gasteiger partial charge in [-0.25, -0.2) is 4.79 Å². The molecule has 1 aromatic heterocycles. The Kier molecular flexibility index (Phi) is 4.32. The van der Waals surface area contributed by atoms with Gasteiger partial charge in [-0.15, -0.1) is 0 Å². The lowest BCUT2D eigenvalue weighted by molar-refractivity contribution is 0.104. The molecule has 0 radical (unpaired) electrons. The first-order valence-corrected chi connectivity index (χ1v) is 7.86. The number of ether oxygens (including phenoxy) is 1. The van der Waals surface area contributed by atoms with Gasteiger partial charge in [-0.3, -0.25) is 4.79 Å². The van der Waals surface area contributed by atoms with Crippen LogP contribution in [0.5, 0.6) is 5.75 Å². The number of hydrogen-bond acceptors (Lipinski definition) is 5. The van der Waals surface area contributed by atoms with Crippen molar-refractivity contribution in [2.24, 2.45) is 0 Å². The molecule has 1 heterocycles. The van der Waals surface area contributed by atoms with Crippen LogP contribution in [-0.4, -0.2) is 12.9 Å². The molecule has 2 aromatic carbocycles. The SMILES string of the molecule is COc1cc2oc(=O)sc2cc1C(=O)/C=C/c1cccc(Cl)c1. The van der Waals surface area contributed by atoms with Crippen LogP contribution in [0.25, 0.3) is 16.4 Å². The van der Waals surface area contributed by atoms with Gasteiger partial charge in [0.15, 0.2) is 11.4 Å². The maximum Gasteiger partial charge on any atom is 0.396 e. The maximum atomic E-state index is 12.4. The predicted molar refractivity (Wildman–Crippen MR) is 91.7 cm³/mol. The molecule has 3 aromatic rings. The molecule has 6 heteroatoms. The van der Waals surface area contributed by atoms with E-state index >= 15 is 0 Å². The normalized spacial score (nSPS) is 11.2. The largest absolute Gasteiger partial charge is 0.496 e. The van der Waals surface area contributed by atoms with E-state index in [0.717, 1.165) is 16.9 Å². The third kappa shape index (κ3) is 3.36. The van der Waals surface area contributed by atoms with Crippen molar-refractivity contribution in [3.8, 4) is 5.75 Å². The lowest BCUT2D eigenvalue weighted by Crippen LogP contribution is -1.98. The maximum absolute atomic E-state index is 12.4. The molecule has 0 N–H and O–H groups in total. The predicted octanol–water partition coefficient (Wildman–Crippen LogP) is 4.41. The minimum Gasteiger partial charge on any atom is -0.496 e. The third-order valence-corrected chi connectivity index (χ3v) is 4.22. The van der Waals surface area contributed by atoms with Gasteiger partial charge in [0, 0.05) is 11.1 Å². The summed E-state index contributed by atoms with van der Waals surface area (Å²) in [7, 11) is 1.46. The van der Waals surface area contributed by atoms with E-state index < -0.39 is 4.94 Å². The van der Waals surface area contributed by atoms with Crippen molar-refractivity contribution in [1.29, 1.82) is 0 Å². The minimum absolute atomic E-state index is 0.232. The smallest absolute Gasteiger partial charge is 0.396 e. The van der Waals surface area contributed by atoms with Gasteiger partial charge < -0.3 is 9.15 Å². The molecule has 0 aliphatic heterocycles. The van der Waals surface area contributed by atoms with E-state index in [1.807, 2.05) is 12.1 Å². The monoisotopic (exact) mass is 346 g/mol. The summed E-state index contributed by atoms with van der Waals surface area (Å²) in [5.74, 6) is 0.129. The average molecular weight is 347 g/mol. The Morgan fingerprint density at radius 3 is 2.87 bits per heavy atom. The highest BCUT2D eigenvalue weighted by Gasteiger charge is 2.14. The first kappa shape index (κ1) is 15.5. The van der Waals surface area contributed by atoms with E-state index in [1.54, 1.807) is 30.3 Å². The van der Waals surface area contributed by atoms with Crippen molar-refractivity contribution >= 4 is 45.1 Å². The molecular weight excluding hydrogens is 336 g/mol. The number of carbonyl (C=O) groups excluding carboxylic acids is 1. The number of ketones is 1. The van der Waals surface area contributed by atoms with Gasteiger partial charge in [0.2, 0.25) is 0 Å². The van der Waals surface area contributed by atoms with E-state index in [-0.39, 0.29) is 5.78 Å². The van der Waals surface area contributed by atoms with Crippen LogP contribution >= 0.6 is 22.9 Å². The van der Waals surface area contributed by atoms with Crippen LogP contribution in [-0.2, 0) is 0 Å². The number of halogens is 1. The Balaban J connectivity index is 1.98. The van der Waals surface area contributed by atoms with Crippen LogP contribution in [0.3, 0.4) is 0 Å². The molecule has 0 saturated heterocycles. The zero-order valence-corrected chi connectivity index (χ0v) is 13.6. The summed E-state index contributed by atoms with van der Waals surface area (Å²) >= 11 is 6.86. The Morgan fingerprint density at radius 2 is 2.13 bits per heavy atom. The summed E-state index contributed by atoms with van der Waals surface area (Å²) in [6.07, 6.45) is 3.12. The van der Waals surface area contributed by atoms with Crippen molar-refractivity contribution in [1.82, 2.24) is 0 Å². The highest BCUT2D eigenvalue weighted by Crippen LogP contribution is 2.28. The Bertz CT molecular complexity index is 968. The standard InChI is InChI=1S/C17H11ClO4S/c1-21-14-9-15-16(23-17(20)22-15)8-12(14)13(19)6-5-10-3-2-4-11(18)7-10/h2-9H,1H3/b6-5+.